The molecule has 0 bridgehead atoms. The molecule has 3 N–H and O–H groups in total. The molecule has 1 aromatic carbocycles. The molecule has 1 aromatic rings. The largest absolute Gasteiger partial charge is 0.324 e. The van der Waals surface area contributed by atoms with Crippen LogP contribution in [0.4, 0.5) is 0 Å². The molecule has 96 valence electrons. The van der Waals surface area contributed by atoms with Crippen molar-refractivity contribution in [2.24, 2.45) is 11.7 Å². The smallest absolute Gasteiger partial charge is 0.0335 e. The summed E-state index contributed by atoms with van der Waals surface area (Å²) >= 11 is 0. The van der Waals surface area contributed by atoms with Crippen LogP contribution in [0.2, 0.25) is 0 Å². The van der Waals surface area contributed by atoms with Gasteiger partial charge in [0.1, 0.15) is 0 Å². The lowest BCUT2D eigenvalue weighted by Gasteiger charge is -2.23. The maximum absolute atomic E-state index is 6.32. The van der Waals surface area contributed by atoms with Crippen LogP contribution in [0.1, 0.15) is 43.9 Å². The lowest BCUT2D eigenvalue weighted by atomic mass is 9.91. The standard InChI is InChI=1S/C15H26N2/c1-4-6-12-7-9-14(10-8-12)15(16)13(5-2)11-17-3/h7-10,13,15,17H,4-6,11,16H2,1-3H3. The molecule has 0 saturated carbocycles. The fourth-order valence-corrected chi connectivity index (χ4v) is 2.25. The van der Waals surface area contributed by atoms with Crippen LogP contribution in [0.15, 0.2) is 24.3 Å². The lowest BCUT2D eigenvalue weighted by Crippen LogP contribution is -2.29. The van der Waals surface area contributed by atoms with Crippen LogP contribution in [-0.4, -0.2) is 13.6 Å². The van der Waals surface area contributed by atoms with Gasteiger partial charge in [-0.2, -0.15) is 0 Å². The summed E-state index contributed by atoms with van der Waals surface area (Å²) in [5, 5.41) is 3.22. The molecule has 0 aromatic heterocycles. The Morgan fingerprint density at radius 3 is 2.29 bits per heavy atom. The summed E-state index contributed by atoms with van der Waals surface area (Å²) in [7, 11) is 1.99. The first-order valence-corrected chi connectivity index (χ1v) is 6.71. The maximum Gasteiger partial charge on any atom is 0.0335 e. The number of aryl methyl sites for hydroxylation is 1. The number of hydrogen-bond donors (Lipinski definition) is 2. The molecule has 17 heavy (non-hydrogen) atoms. The predicted octanol–water partition coefficient (Wildman–Crippen LogP) is 2.88. The molecule has 0 heterocycles. The Labute approximate surface area is 106 Å². The van der Waals surface area contributed by atoms with Crippen molar-refractivity contribution in [3.63, 3.8) is 0 Å². The van der Waals surface area contributed by atoms with E-state index in [-0.39, 0.29) is 6.04 Å². The Morgan fingerprint density at radius 1 is 1.18 bits per heavy atom. The van der Waals surface area contributed by atoms with E-state index in [1.54, 1.807) is 0 Å². The molecule has 0 fully saturated rings. The van der Waals surface area contributed by atoms with Crippen LogP contribution in [0.5, 0.6) is 0 Å². The molecule has 0 amide bonds. The van der Waals surface area contributed by atoms with Crippen molar-refractivity contribution in [1.29, 1.82) is 0 Å². The van der Waals surface area contributed by atoms with Crippen molar-refractivity contribution in [3.05, 3.63) is 35.4 Å². The minimum atomic E-state index is 0.142. The third-order valence-corrected chi connectivity index (χ3v) is 3.40. The highest BCUT2D eigenvalue weighted by Gasteiger charge is 2.16. The summed E-state index contributed by atoms with van der Waals surface area (Å²) in [6.07, 6.45) is 3.46. The van der Waals surface area contributed by atoms with Gasteiger partial charge in [0.05, 0.1) is 0 Å². The van der Waals surface area contributed by atoms with Crippen molar-refractivity contribution >= 4 is 0 Å². The number of rotatable bonds is 7. The molecule has 1 rings (SSSR count). The summed E-state index contributed by atoms with van der Waals surface area (Å²) in [5.74, 6) is 0.511. The summed E-state index contributed by atoms with van der Waals surface area (Å²) in [6.45, 7) is 5.39. The predicted molar refractivity (Wildman–Crippen MR) is 75.1 cm³/mol. The van der Waals surface area contributed by atoms with Gasteiger partial charge in [0.25, 0.3) is 0 Å². The summed E-state index contributed by atoms with van der Waals surface area (Å²) in [4.78, 5) is 0. The first-order chi connectivity index (χ1) is 8.22. The molecule has 2 heteroatoms. The lowest BCUT2D eigenvalue weighted by molar-refractivity contribution is 0.403. The first-order valence-electron chi connectivity index (χ1n) is 6.71. The van der Waals surface area contributed by atoms with Crippen LogP contribution in [0, 0.1) is 5.92 Å². The van der Waals surface area contributed by atoms with Gasteiger partial charge in [0, 0.05) is 6.04 Å². The van der Waals surface area contributed by atoms with Crippen LogP contribution < -0.4 is 11.1 Å². The van der Waals surface area contributed by atoms with Gasteiger partial charge >= 0.3 is 0 Å². The topological polar surface area (TPSA) is 38.0 Å². The van der Waals surface area contributed by atoms with Gasteiger partial charge in [0.15, 0.2) is 0 Å². The Balaban J connectivity index is 2.70. The van der Waals surface area contributed by atoms with E-state index >= 15 is 0 Å². The molecule has 0 spiro atoms. The highest BCUT2D eigenvalue weighted by Crippen LogP contribution is 2.22. The zero-order chi connectivity index (χ0) is 12.7. The van der Waals surface area contributed by atoms with Gasteiger partial charge in [-0.05, 0) is 37.1 Å². The molecule has 0 saturated heterocycles. The quantitative estimate of drug-likeness (QED) is 0.761. The van der Waals surface area contributed by atoms with Gasteiger partial charge < -0.3 is 11.1 Å². The molecule has 2 nitrogen and oxygen atoms in total. The SMILES string of the molecule is CCCc1ccc(C(N)C(CC)CNC)cc1. The average molecular weight is 234 g/mol. The van der Waals surface area contributed by atoms with Gasteiger partial charge in [-0.3, -0.25) is 0 Å². The minimum Gasteiger partial charge on any atom is -0.324 e. The third kappa shape index (κ3) is 4.14. The van der Waals surface area contributed by atoms with E-state index in [2.05, 4.69) is 43.4 Å². The summed E-state index contributed by atoms with van der Waals surface area (Å²) in [6, 6.07) is 8.94. The molecular weight excluding hydrogens is 208 g/mol. The number of hydrogen-bond acceptors (Lipinski definition) is 2. The van der Waals surface area contributed by atoms with Gasteiger partial charge in [-0.15, -0.1) is 0 Å². The number of nitrogens with one attached hydrogen (secondary N) is 1. The summed E-state index contributed by atoms with van der Waals surface area (Å²) < 4.78 is 0. The average Bonchev–Trinajstić information content (AvgIpc) is 2.36. The highest BCUT2D eigenvalue weighted by molar-refractivity contribution is 5.25. The fourth-order valence-electron chi connectivity index (χ4n) is 2.25. The molecule has 0 aliphatic heterocycles. The zero-order valence-corrected chi connectivity index (χ0v) is 11.4. The Bertz CT molecular complexity index is 305. The molecule has 0 aliphatic rings. The zero-order valence-electron chi connectivity index (χ0n) is 11.4. The van der Waals surface area contributed by atoms with Crippen molar-refractivity contribution in [2.45, 2.75) is 39.2 Å². The van der Waals surface area contributed by atoms with E-state index in [9.17, 15) is 0 Å². The normalized spacial score (nSPS) is 14.6. The van der Waals surface area contributed by atoms with E-state index < -0.39 is 0 Å². The minimum absolute atomic E-state index is 0.142. The Kier molecular flexibility index (Phi) is 6.23. The van der Waals surface area contributed by atoms with Crippen LogP contribution in [0.3, 0.4) is 0 Å². The van der Waals surface area contributed by atoms with Crippen molar-refractivity contribution < 1.29 is 0 Å². The fraction of sp³-hybridized carbons (Fsp3) is 0.600. The van der Waals surface area contributed by atoms with Gasteiger partial charge in [0.2, 0.25) is 0 Å². The molecule has 0 radical (unpaired) electrons. The van der Waals surface area contributed by atoms with E-state index in [0.717, 1.165) is 19.4 Å². The highest BCUT2D eigenvalue weighted by atomic mass is 14.8. The van der Waals surface area contributed by atoms with Crippen LogP contribution in [0.25, 0.3) is 0 Å². The van der Waals surface area contributed by atoms with Gasteiger partial charge in [-0.1, -0.05) is 51.0 Å². The van der Waals surface area contributed by atoms with Crippen molar-refractivity contribution in [3.8, 4) is 0 Å². The number of benzene rings is 1. The van der Waals surface area contributed by atoms with E-state index in [1.165, 1.54) is 17.5 Å². The maximum atomic E-state index is 6.32. The molecular formula is C15H26N2. The number of nitrogens with two attached hydrogens (primary N) is 1. The second-order valence-corrected chi connectivity index (χ2v) is 4.74. The van der Waals surface area contributed by atoms with Crippen LogP contribution >= 0.6 is 0 Å². The van der Waals surface area contributed by atoms with Crippen molar-refractivity contribution in [1.82, 2.24) is 5.32 Å². The summed E-state index contributed by atoms with van der Waals surface area (Å²) in [5.41, 5.74) is 8.98. The van der Waals surface area contributed by atoms with Crippen LogP contribution in [-0.2, 0) is 6.42 Å². The van der Waals surface area contributed by atoms with E-state index in [0.29, 0.717) is 5.92 Å². The first kappa shape index (κ1) is 14.2. The van der Waals surface area contributed by atoms with E-state index in [1.807, 2.05) is 7.05 Å². The van der Waals surface area contributed by atoms with Crippen molar-refractivity contribution in [2.75, 3.05) is 13.6 Å². The molecule has 0 aliphatic carbocycles. The third-order valence-electron chi connectivity index (χ3n) is 3.40. The molecule has 2 atom stereocenters. The second kappa shape index (κ2) is 7.46. The monoisotopic (exact) mass is 234 g/mol. The van der Waals surface area contributed by atoms with Gasteiger partial charge in [-0.25, -0.2) is 0 Å². The van der Waals surface area contributed by atoms with E-state index in [4.69, 9.17) is 5.73 Å². The Hall–Kier alpha value is -0.860. The second-order valence-electron chi connectivity index (χ2n) is 4.74. The Morgan fingerprint density at radius 2 is 1.82 bits per heavy atom. The molecule has 2 unspecified atom stereocenters.